The summed E-state index contributed by atoms with van der Waals surface area (Å²) >= 11 is 0. The van der Waals surface area contributed by atoms with Gasteiger partial charge in [-0.25, -0.2) is 13.2 Å². The highest BCUT2D eigenvalue weighted by Gasteiger charge is 2.71. The summed E-state index contributed by atoms with van der Waals surface area (Å²) in [7, 11) is -3.83. The summed E-state index contributed by atoms with van der Waals surface area (Å²) in [5, 5.41) is -1.23. The van der Waals surface area contributed by atoms with Crippen molar-refractivity contribution in [2.24, 2.45) is 5.73 Å². The molecule has 0 aromatic rings. The smallest absolute Gasteiger partial charge is 0.333 e. The Morgan fingerprint density at radius 2 is 1.86 bits per heavy atom. The third kappa shape index (κ3) is 2.09. The minimum absolute atomic E-state index is 0.624. The Balaban J connectivity index is 2.28. The topological polar surface area (TPSA) is 133 Å². The van der Waals surface area contributed by atoms with E-state index in [4.69, 9.17) is 10.5 Å². The number of amides is 1. The summed E-state index contributed by atoms with van der Waals surface area (Å²) < 4.78 is 32.9. The van der Waals surface area contributed by atoms with Crippen molar-refractivity contribution in [2.45, 2.75) is 56.2 Å². The molecule has 0 aliphatic carbocycles. The summed E-state index contributed by atoms with van der Waals surface area (Å²) in [5.41, 5.74) is 5.54. The number of nitrogens with two attached hydrogens (primary N) is 1. The number of ether oxygens (including phenoxy) is 2. The zero-order valence-electron chi connectivity index (χ0n) is 12.6. The van der Waals surface area contributed by atoms with E-state index < -0.39 is 56.2 Å². The number of nitrogens with zero attached hydrogens (tertiary/aromatic N) is 1. The second-order valence-electron chi connectivity index (χ2n) is 5.83. The van der Waals surface area contributed by atoms with Crippen LogP contribution in [-0.4, -0.2) is 59.7 Å². The van der Waals surface area contributed by atoms with Gasteiger partial charge in [0.2, 0.25) is 12.2 Å². The Kier molecular flexibility index (Phi) is 3.73. The standard InChI is InChI=1S/C12H18N2O7S/c1-5(15)20-6(2)21-11(17)8-12(3,4)22(18,19)10-7(13)9(16)14(8)10/h6-8,10H,13H2,1-4H3/t6?,7?,8-,10+/m0/s1. The molecule has 2 N–H and O–H groups in total. The van der Waals surface area contributed by atoms with E-state index in [1.165, 1.54) is 20.8 Å². The van der Waals surface area contributed by atoms with Gasteiger partial charge >= 0.3 is 11.9 Å². The first-order valence-corrected chi connectivity index (χ1v) is 8.16. The molecule has 0 aromatic carbocycles. The molecule has 2 saturated heterocycles. The van der Waals surface area contributed by atoms with E-state index in [9.17, 15) is 22.8 Å². The molecule has 124 valence electrons. The molecule has 4 atom stereocenters. The molecule has 22 heavy (non-hydrogen) atoms. The fourth-order valence-corrected chi connectivity index (χ4v) is 4.98. The van der Waals surface area contributed by atoms with Gasteiger partial charge in [-0.05, 0) is 13.8 Å². The van der Waals surface area contributed by atoms with Crippen LogP contribution in [0, 0.1) is 0 Å². The molecule has 2 fully saturated rings. The van der Waals surface area contributed by atoms with E-state index in [-0.39, 0.29) is 0 Å². The van der Waals surface area contributed by atoms with Crippen molar-refractivity contribution in [3.63, 3.8) is 0 Å². The molecular weight excluding hydrogens is 316 g/mol. The minimum atomic E-state index is -3.83. The molecule has 9 nitrogen and oxygen atoms in total. The van der Waals surface area contributed by atoms with E-state index in [1.807, 2.05) is 0 Å². The van der Waals surface area contributed by atoms with Crippen LogP contribution in [0.15, 0.2) is 0 Å². The molecule has 0 bridgehead atoms. The van der Waals surface area contributed by atoms with E-state index in [2.05, 4.69) is 4.74 Å². The average Bonchev–Trinajstić information content (AvgIpc) is 2.49. The molecule has 0 aromatic heterocycles. The molecule has 0 spiro atoms. The van der Waals surface area contributed by atoms with Crippen LogP contribution in [0.1, 0.15) is 27.7 Å². The van der Waals surface area contributed by atoms with E-state index in [0.29, 0.717) is 0 Å². The minimum Gasteiger partial charge on any atom is -0.426 e. The summed E-state index contributed by atoms with van der Waals surface area (Å²) in [4.78, 5) is 35.9. The quantitative estimate of drug-likeness (QED) is 0.375. The number of fused-ring (bicyclic) bond motifs is 1. The van der Waals surface area contributed by atoms with Crippen LogP contribution in [0.25, 0.3) is 0 Å². The predicted molar refractivity (Wildman–Crippen MR) is 72.7 cm³/mol. The van der Waals surface area contributed by atoms with Gasteiger partial charge in [-0.1, -0.05) is 0 Å². The molecule has 2 aliphatic heterocycles. The Morgan fingerprint density at radius 3 is 2.36 bits per heavy atom. The van der Waals surface area contributed by atoms with Crippen LogP contribution in [-0.2, 0) is 33.7 Å². The maximum Gasteiger partial charge on any atom is 0.333 e. The van der Waals surface area contributed by atoms with Crippen LogP contribution in [0.4, 0.5) is 0 Å². The third-order valence-corrected chi connectivity index (χ3v) is 6.79. The largest absolute Gasteiger partial charge is 0.426 e. The van der Waals surface area contributed by atoms with Crippen LogP contribution < -0.4 is 5.73 Å². The van der Waals surface area contributed by atoms with E-state index >= 15 is 0 Å². The number of carbonyl (C=O) groups excluding carboxylic acids is 3. The highest BCUT2D eigenvalue weighted by Crippen LogP contribution is 2.45. The zero-order valence-corrected chi connectivity index (χ0v) is 13.4. The lowest BCUT2D eigenvalue weighted by molar-refractivity contribution is -0.190. The average molecular weight is 334 g/mol. The van der Waals surface area contributed by atoms with E-state index in [1.54, 1.807) is 0 Å². The fraction of sp³-hybridized carbons (Fsp3) is 0.750. The molecule has 2 aliphatic rings. The van der Waals surface area contributed by atoms with Crippen molar-refractivity contribution in [3.8, 4) is 0 Å². The van der Waals surface area contributed by atoms with Crippen molar-refractivity contribution in [2.75, 3.05) is 0 Å². The Hall–Kier alpha value is -1.68. The van der Waals surface area contributed by atoms with Crippen molar-refractivity contribution in [1.82, 2.24) is 4.90 Å². The van der Waals surface area contributed by atoms with Gasteiger partial charge in [-0.2, -0.15) is 0 Å². The lowest BCUT2D eigenvalue weighted by atomic mass is 9.96. The highest BCUT2D eigenvalue weighted by atomic mass is 32.2. The van der Waals surface area contributed by atoms with Crippen LogP contribution >= 0.6 is 0 Å². The van der Waals surface area contributed by atoms with Gasteiger partial charge in [0.15, 0.2) is 15.2 Å². The monoisotopic (exact) mass is 334 g/mol. The van der Waals surface area contributed by atoms with E-state index in [0.717, 1.165) is 11.8 Å². The zero-order chi connectivity index (χ0) is 17.0. The number of carbonyl (C=O) groups is 3. The molecule has 10 heteroatoms. The number of hydrogen-bond acceptors (Lipinski definition) is 8. The number of sulfone groups is 1. The lowest BCUT2D eigenvalue weighted by Gasteiger charge is -2.41. The molecular formula is C12H18N2O7S. The van der Waals surface area contributed by atoms with Crippen LogP contribution in [0.2, 0.25) is 0 Å². The van der Waals surface area contributed by atoms with Crippen LogP contribution in [0.5, 0.6) is 0 Å². The third-order valence-electron chi connectivity index (χ3n) is 3.95. The van der Waals surface area contributed by atoms with Gasteiger partial charge in [-0.3, -0.25) is 9.59 Å². The lowest BCUT2D eigenvalue weighted by Crippen LogP contribution is -2.70. The molecule has 0 saturated carbocycles. The van der Waals surface area contributed by atoms with Gasteiger partial charge in [-0.15, -0.1) is 0 Å². The first-order valence-electron chi connectivity index (χ1n) is 6.62. The first kappa shape index (κ1) is 16.7. The van der Waals surface area contributed by atoms with Gasteiger partial charge < -0.3 is 20.1 Å². The fourth-order valence-electron chi connectivity index (χ4n) is 2.81. The highest BCUT2D eigenvalue weighted by molar-refractivity contribution is 7.94. The summed E-state index contributed by atoms with van der Waals surface area (Å²) in [6.45, 7) is 5.13. The maximum atomic E-state index is 12.4. The van der Waals surface area contributed by atoms with Gasteiger partial charge in [0, 0.05) is 13.8 Å². The van der Waals surface area contributed by atoms with Crippen LogP contribution in [0.3, 0.4) is 0 Å². The second kappa shape index (κ2) is 4.92. The summed E-state index contributed by atoms with van der Waals surface area (Å²) in [6, 6.07) is -2.50. The van der Waals surface area contributed by atoms with Gasteiger partial charge in [0.1, 0.15) is 16.8 Å². The molecule has 1 amide bonds. The van der Waals surface area contributed by atoms with Crippen molar-refractivity contribution in [3.05, 3.63) is 0 Å². The normalized spacial score (nSPS) is 32.7. The molecule has 0 radical (unpaired) electrons. The Morgan fingerprint density at radius 1 is 1.32 bits per heavy atom. The second-order valence-corrected chi connectivity index (χ2v) is 8.45. The van der Waals surface area contributed by atoms with Crippen molar-refractivity contribution >= 4 is 27.7 Å². The van der Waals surface area contributed by atoms with Gasteiger partial charge in [0.25, 0.3) is 0 Å². The Bertz CT molecular complexity index is 642. The molecule has 2 heterocycles. The number of esters is 2. The predicted octanol–water partition coefficient (Wildman–Crippen LogP) is -1.49. The summed E-state index contributed by atoms with van der Waals surface area (Å²) in [5.74, 6) is -2.23. The first-order chi connectivity index (χ1) is 9.92. The maximum absolute atomic E-state index is 12.4. The van der Waals surface area contributed by atoms with Crippen molar-refractivity contribution in [1.29, 1.82) is 0 Å². The SMILES string of the molecule is CC(=O)OC(C)OC(=O)[C@@H]1N2C(=O)C(N)[C@H]2S(=O)(=O)C1(C)C. The van der Waals surface area contributed by atoms with Gasteiger partial charge in [0.05, 0.1) is 0 Å². The summed E-state index contributed by atoms with van der Waals surface area (Å²) in [6.07, 6.45) is -1.19. The number of hydrogen-bond donors (Lipinski definition) is 1. The number of rotatable bonds is 3. The number of β-lactam (4-membered cyclic amide) rings is 1. The molecule has 2 rings (SSSR count). The Labute approximate surface area is 127 Å². The van der Waals surface area contributed by atoms with Crippen molar-refractivity contribution < 1.29 is 32.3 Å². The molecule has 2 unspecified atom stereocenters.